The molecular formula is C16H19ClN2O4. The molecule has 2 aromatic rings. The molecule has 2 amide bonds. The summed E-state index contributed by atoms with van der Waals surface area (Å²) in [5, 5.41) is 14.8. The molecule has 0 spiro atoms. The van der Waals surface area contributed by atoms with Gasteiger partial charge in [0.25, 0.3) is 0 Å². The number of amides is 2. The average molecular weight is 339 g/mol. The standard InChI is InChI=1S/C16H19ClN2O4/c1-11(20)6-7-18-16(21)19-12-4-5-15(14(17)9-12)23-10-13-3-2-8-22-13/h2-5,8-9,11,20H,6-7,10H2,1H3,(H2,18,19,21)/t11-/m0/s1. The van der Waals surface area contributed by atoms with Crippen molar-refractivity contribution in [2.45, 2.75) is 26.1 Å². The number of urea groups is 1. The lowest BCUT2D eigenvalue weighted by Crippen LogP contribution is -2.30. The molecule has 3 N–H and O–H groups in total. The zero-order valence-electron chi connectivity index (χ0n) is 12.7. The van der Waals surface area contributed by atoms with E-state index in [0.717, 1.165) is 0 Å². The summed E-state index contributed by atoms with van der Waals surface area (Å²) >= 11 is 6.14. The van der Waals surface area contributed by atoms with Crippen LogP contribution in [0.2, 0.25) is 5.02 Å². The molecule has 1 aromatic carbocycles. The smallest absolute Gasteiger partial charge is 0.319 e. The Hall–Kier alpha value is -2.18. The highest BCUT2D eigenvalue weighted by molar-refractivity contribution is 6.32. The molecule has 6 nitrogen and oxygen atoms in total. The highest BCUT2D eigenvalue weighted by Gasteiger charge is 2.07. The van der Waals surface area contributed by atoms with Crippen LogP contribution < -0.4 is 15.4 Å². The third kappa shape index (κ3) is 5.84. The Morgan fingerprint density at radius 3 is 2.91 bits per heavy atom. The van der Waals surface area contributed by atoms with Crippen molar-refractivity contribution in [3.63, 3.8) is 0 Å². The molecule has 0 aliphatic rings. The third-order valence-electron chi connectivity index (χ3n) is 2.99. The fraction of sp³-hybridized carbons (Fsp3) is 0.312. The van der Waals surface area contributed by atoms with Crippen LogP contribution in [0.25, 0.3) is 0 Å². The maximum absolute atomic E-state index is 11.7. The van der Waals surface area contributed by atoms with E-state index in [-0.39, 0.29) is 12.6 Å². The highest BCUT2D eigenvalue weighted by Crippen LogP contribution is 2.28. The fourth-order valence-corrected chi connectivity index (χ4v) is 2.04. The van der Waals surface area contributed by atoms with Crippen molar-refractivity contribution in [1.29, 1.82) is 0 Å². The molecule has 0 saturated carbocycles. The minimum atomic E-state index is -0.449. The molecule has 0 radical (unpaired) electrons. The molecule has 1 atom stereocenters. The second-order valence-corrected chi connectivity index (χ2v) is 5.44. The molecule has 0 saturated heterocycles. The Balaban J connectivity index is 1.84. The second-order valence-electron chi connectivity index (χ2n) is 5.03. The van der Waals surface area contributed by atoms with Crippen molar-refractivity contribution in [3.8, 4) is 5.75 Å². The minimum absolute atomic E-state index is 0.277. The molecular weight excluding hydrogens is 320 g/mol. The maximum Gasteiger partial charge on any atom is 0.319 e. The summed E-state index contributed by atoms with van der Waals surface area (Å²) in [6.45, 7) is 2.34. The first kappa shape index (κ1) is 17.2. The van der Waals surface area contributed by atoms with E-state index in [0.29, 0.717) is 35.2 Å². The monoisotopic (exact) mass is 338 g/mol. The first-order chi connectivity index (χ1) is 11.0. The number of furan rings is 1. The van der Waals surface area contributed by atoms with Gasteiger partial charge in [0.15, 0.2) is 0 Å². The molecule has 0 aliphatic heterocycles. The van der Waals surface area contributed by atoms with Crippen LogP contribution in [-0.2, 0) is 6.61 Å². The number of benzene rings is 1. The molecule has 1 heterocycles. The Morgan fingerprint density at radius 2 is 2.26 bits per heavy atom. The van der Waals surface area contributed by atoms with Gasteiger partial charge in [0.05, 0.1) is 17.4 Å². The number of aliphatic hydroxyl groups is 1. The van der Waals surface area contributed by atoms with Crippen LogP contribution in [0, 0.1) is 0 Å². The van der Waals surface area contributed by atoms with E-state index in [1.165, 1.54) is 0 Å². The molecule has 2 rings (SSSR count). The number of ether oxygens (including phenoxy) is 1. The van der Waals surface area contributed by atoms with Crippen LogP contribution in [0.4, 0.5) is 10.5 Å². The van der Waals surface area contributed by atoms with Crippen molar-refractivity contribution in [2.75, 3.05) is 11.9 Å². The SMILES string of the molecule is C[C@H](O)CCNC(=O)Nc1ccc(OCc2ccco2)c(Cl)c1. The van der Waals surface area contributed by atoms with E-state index >= 15 is 0 Å². The molecule has 23 heavy (non-hydrogen) atoms. The topological polar surface area (TPSA) is 83.7 Å². The molecule has 7 heteroatoms. The Bertz CT molecular complexity index is 629. The van der Waals surface area contributed by atoms with Crippen molar-refractivity contribution in [1.82, 2.24) is 5.32 Å². The lowest BCUT2D eigenvalue weighted by molar-refractivity contribution is 0.184. The van der Waals surface area contributed by atoms with Crippen molar-refractivity contribution in [2.24, 2.45) is 0 Å². The van der Waals surface area contributed by atoms with Crippen molar-refractivity contribution >= 4 is 23.3 Å². The van der Waals surface area contributed by atoms with Gasteiger partial charge in [-0.05, 0) is 43.7 Å². The first-order valence-corrected chi connectivity index (χ1v) is 7.60. The Morgan fingerprint density at radius 1 is 1.43 bits per heavy atom. The molecule has 0 aliphatic carbocycles. The summed E-state index contributed by atoms with van der Waals surface area (Å²) in [6.07, 6.45) is 1.62. The fourth-order valence-electron chi connectivity index (χ4n) is 1.81. The number of carbonyl (C=O) groups is 1. The van der Waals surface area contributed by atoms with Gasteiger partial charge in [-0.3, -0.25) is 0 Å². The van der Waals surface area contributed by atoms with Gasteiger partial charge >= 0.3 is 6.03 Å². The predicted octanol–water partition coefficient (Wildman–Crippen LogP) is 3.40. The number of anilines is 1. The number of rotatable bonds is 7. The van der Waals surface area contributed by atoms with Gasteiger partial charge < -0.3 is 24.9 Å². The number of aliphatic hydroxyl groups excluding tert-OH is 1. The van der Waals surface area contributed by atoms with E-state index in [9.17, 15) is 4.79 Å². The number of nitrogens with one attached hydrogen (secondary N) is 2. The summed E-state index contributed by atoms with van der Waals surface area (Å²) in [7, 11) is 0. The zero-order chi connectivity index (χ0) is 16.7. The van der Waals surface area contributed by atoms with Crippen LogP contribution in [0.5, 0.6) is 5.75 Å². The largest absolute Gasteiger partial charge is 0.484 e. The zero-order valence-corrected chi connectivity index (χ0v) is 13.5. The molecule has 124 valence electrons. The van der Waals surface area contributed by atoms with Gasteiger partial charge in [0.2, 0.25) is 0 Å². The number of halogens is 1. The average Bonchev–Trinajstić information content (AvgIpc) is 2.99. The number of hydrogen-bond acceptors (Lipinski definition) is 4. The van der Waals surface area contributed by atoms with Gasteiger partial charge in [0.1, 0.15) is 18.1 Å². The number of hydrogen-bond donors (Lipinski definition) is 3. The van der Waals surface area contributed by atoms with E-state index in [1.54, 1.807) is 43.5 Å². The third-order valence-corrected chi connectivity index (χ3v) is 3.28. The van der Waals surface area contributed by atoms with E-state index in [2.05, 4.69) is 10.6 Å². The Labute approximate surface area is 139 Å². The van der Waals surface area contributed by atoms with Gasteiger partial charge in [0, 0.05) is 12.2 Å². The first-order valence-electron chi connectivity index (χ1n) is 7.22. The lowest BCUT2D eigenvalue weighted by Gasteiger charge is -2.11. The van der Waals surface area contributed by atoms with Gasteiger partial charge in [-0.25, -0.2) is 4.79 Å². The normalized spacial score (nSPS) is 11.8. The molecule has 0 unspecified atom stereocenters. The van der Waals surface area contributed by atoms with Crippen LogP contribution in [0.3, 0.4) is 0 Å². The number of carbonyl (C=O) groups excluding carboxylic acids is 1. The van der Waals surface area contributed by atoms with Crippen molar-refractivity contribution in [3.05, 3.63) is 47.4 Å². The summed E-state index contributed by atoms with van der Waals surface area (Å²) < 4.78 is 10.7. The van der Waals surface area contributed by atoms with Gasteiger partial charge in [-0.1, -0.05) is 11.6 Å². The van der Waals surface area contributed by atoms with E-state index < -0.39 is 6.10 Å². The van der Waals surface area contributed by atoms with Crippen LogP contribution in [-0.4, -0.2) is 23.8 Å². The lowest BCUT2D eigenvalue weighted by atomic mass is 10.3. The quantitative estimate of drug-likeness (QED) is 0.722. The van der Waals surface area contributed by atoms with E-state index in [4.69, 9.17) is 25.9 Å². The summed E-state index contributed by atoms with van der Waals surface area (Å²) in [4.78, 5) is 11.7. The molecule has 1 aromatic heterocycles. The predicted molar refractivity (Wildman–Crippen MR) is 87.8 cm³/mol. The van der Waals surface area contributed by atoms with Crippen LogP contribution >= 0.6 is 11.6 Å². The van der Waals surface area contributed by atoms with Crippen LogP contribution in [0.1, 0.15) is 19.1 Å². The summed E-state index contributed by atoms with van der Waals surface area (Å²) in [5.74, 6) is 1.20. The molecule has 0 fully saturated rings. The summed E-state index contributed by atoms with van der Waals surface area (Å²) in [5.41, 5.74) is 0.551. The summed E-state index contributed by atoms with van der Waals surface area (Å²) in [6, 6.07) is 8.21. The maximum atomic E-state index is 11.7. The highest BCUT2D eigenvalue weighted by atomic mass is 35.5. The van der Waals surface area contributed by atoms with Gasteiger partial charge in [-0.2, -0.15) is 0 Å². The minimum Gasteiger partial charge on any atom is -0.484 e. The van der Waals surface area contributed by atoms with Gasteiger partial charge in [-0.15, -0.1) is 0 Å². The van der Waals surface area contributed by atoms with Crippen LogP contribution in [0.15, 0.2) is 41.0 Å². The Kier molecular flexibility index (Phi) is 6.31. The molecule has 0 bridgehead atoms. The second kappa shape index (κ2) is 8.45. The van der Waals surface area contributed by atoms with Crippen molar-refractivity contribution < 1.29 is 19.1 Å². The van der Waals surface area contributed by atoms with E-state index in [1.807, 2.05) is 0 Å².